The Bertz CT molecular complexity index is 526. The summed E-state index contributed by atoms with van der Waals surface area (Å²) in [4.78, 5) is 34.4. The number of ketones is 1. The highest BCUT2D eigenvalue weighted by molar-refractivity contribution is 5.95. The molecule has 0 fully saturated rings. The lowest BCUT2D eigenvalue weighted by Gasteiger charge is -2.12. The second kappa shape index (κ2) is 8.81. The predicted molar refractivity (Wildman–Crippen MR) is 86.0 cm³/mol. The predicted octanol–water partition coefficient (Wildman–Crippen LogP) is 2.32. The third kappa shape index (κ3) is 6.39. The number of anilines is 1. The fourth-order valence-electron chi connectivity index (χ4n) is 1.70. The van der Waals surface area contributed by atoms with Crippen LogP contribution in [0.15, 0.2) is 24.3 Å². The maximum Gasteiger partial charge on any atom is 0.319 e. The molecule has 6 heteroatoms. The van der Waals surface area contributed by atoms with Crippen LogP contribution in [-0.2, 0) is 4.79 Å². The first-order valence-corrected chi connectivity index (χ1v) is 7.37. The van der Waals surface area contributed by atoms with E-state index in [4.69, 9.17) is 0 Å². The van der Waals surface area contributed by atoms with E-state index in [2.05, 4.69) is 16.0 Å². The van der Waals surface area contributed by atoms with Crippen LogP contribution >= 0.6 is 0 Å². The number of Topliss-reactive ketones (excluding diaryl/α,β-unsaturated/α-hetero) is 1. The molecular weight excluding hydrogens is 282 g/mol. The summed E-state index contributed by atoms with van der Waals surface area (Å²) >= 11 is 0. The molecule has 0 aliphatic carbocycles. The van der Waals surface area contributed by atoms with E-state index in [0.717, 1.165) is 6.42 Å². The van der Waals surface area contributed by atoms with Gasteiger partial charge in [0.05, 0.1) is 0 Å². The third-order valence-electron chi connectivity index (χ3n) is 3.21. The molecule has 0 radical (unpaired) electrons. The molecule has 0 bridgehead atoms. The van der Waals surface area contributed by atoms with E-state index < -0.39 is 0 Å². The van der Waals surface area contributed by atoms with E-state index in [9.17, 15) is 14.4 Å². The minimum atomic E-state index is -0.382. The van der Waals surface area contributed by atoms with Gasteiger partial charge in [-0.2, -0.15) is 0 Å². The molecule has 1 aromatic rings. The second-order valence-corrected chi connectivity index (χ2v) is 5.14. The highest BCUT2D eigenvalue weighted by atomic mass is 16.2. The zero-order valence-corrected chi connectivity index (χ0v) is 13.2. The Morgan fingerprint density at radius 3 is 2.32 bits per heavy atom. The van der Waals surface area contributed by atoms with E-state index in [1.165, 1.54) is 6.92 Å². The van der Waals surface area contributed by atoms with E-state index in [-0.39, 0.29) is 36.7 Å². The number of carbonyl (C=O) groups is 3. The summed E-state index contributed by atoms with van der Waals surface area (Å²) in [6, 6.07) is 6.38. The summed E-state index contributed by atoms with van der Waals surface area (Å²) in [7, 11) is 0. The van der Waals surface area contributed by atoms with Gasteiger partial charge in [0.1, 0.15) is 0 Å². The molecule has 3 amide bonds. The van der Waals surface area contributed by atoms with Crippen LogP contribution in [0.2, 0.25) is 0 Å². The summed E-state index contributed by atoms with van der Waals surface area (Å²) in [6.45, 7) is 5.68. The average molecular weight is 305 g/mol. The van der Waals surface area contributed by atoms with E-state index in [1.807, 2.05) is 13.8 Å². The van der Waals surface area contributed by atoms with Crippen molar-refractivity contribution in [1.82, 2.24) is 10.6 Å². The maximum absolute atomic E-state index is 11.7. The molecule has 0 saturated heterocycles. The minimum Gasteiger partial charge on any atom is -0.354 e. The van der Waals surface area contributed by atoms with Crippen LogP contribution in [0.4, 0.5) is 10.5 Å². The molecule has 0 aliphatic rings. The fraction of sp³-hybridized carbons (Fsp3) is 0.438. The lowest BCUT2D eigenvalue weighted by atomic mass is 10.1. The van der Waals surface area contributed by atoms with Crippen molar-refractivity contribution in [2.24, 2.45) is 0 Å². The molecule has 3 N–H and O–H groups in total. The minimum absolute atomic E-state index is 0.0247. The van der Waals surface area contributed by atoms with Gasteiger partial charge in [0.25, 0.3) is 0 Å². The zero-order valence-electron chi connectivity index (χ0n) is 13.2. The third-order valence-corrected chi connectivity index (χ3v) is 3.21. The lowest BCUT2D eigenvalue weighted by molar-refractivity contribution is -0.121. The van der Waals surface area contributed by atoms with Crippen molar-refractivity contribution in [1.29, 1.82) is 0 Å². The van der Waals surface area contributed by atoms with Crippen LogP contribution in [0.1, 0.15) is 44.0 Å². The monoisotopic (exact) mass is 305 g/mol. The van der Waals surface area contributed by atoms with Gasteiger partial charge in [-0.1, -0.05) is 6.92 Å². The van der Waals surface area contributed by atoms with Crippen LogP contribution in [0, 0.1) is 0 Å². The lowest BCUT2D eigenvalue weighted by Crippen LogP contribution is -2.36. The van der Waals surface area contributed by atoms with Crippen molar-refractivity contribution in [3.63, 3.8) is 0 Å². The summed E-state index contributed by atoms with van der Waals surface area (Å²) in [5.41, 5.74) is 1.18. The number of hydrogen-bond acceptors (Lipinski definition) is 3. The van der Waals surface area contributed by atoms with E-state index in [1.54, 1.807) is 24.3 Å². The quantitative estimate of drug-likeness (QED) is 0.676. The van der Waals surface area contributed by atoms with Crippen LogP contribution in [-0.4, -0.2) is 30.3 Å². The molecule has 1 aromatic carbocycles. The van der Waals surface area contributed by atoms with Crippen LogP contribution in [0.3, 0.4) is 0 Å². The van der Waals surface area contributed by atoms with Gasteiger partial charge >= 0.3 is 6.03 Å². The Kier molecular flexibility index (Phi) is 7.08. The Hall–Kier alpha value is -2.37. The van der Waals surface area contributed by atoms with Gasteiger partial charge < -0.3 is 16.0 Å². The van der Waals surface area contributed by atoms with Crippen molar-refractivity contribution in [3.05, 3.63) is 29.8 Å². The molecule has 0 aromatic heterocycles. The Labute approximate surface area is 130 Å². The number of hydrogen-bond donors (Lipinski definition) is 3. The summed E-state index contributed by atoms with van der Waals surface area (Å²) < 4.78 is 0. The van der Waals surface area contributed by atoms with E-state index >= 15 is 0 Å². The number of urea groups is 1. The van der Waals surface area contributed by atoms with Crippen LogP contribution in [0.25, 0.3) is 0 Å². The van der Waals surface area contributed by atoms with Crippen molar-refractivity contribution in [2.45, 2.75) is 39.7 Å². The molecule has 0 aliphatic heterocycles. The number of benzene rings is 1. The molecule has 1 rings (SSSR count). The number of nitrogens with one attached hydrogen (secondary N) is 3. The summed E-state index contributed by atoms with van der Waals surface area (Å²) in [5.74, 6) is -0.108. The van der Waals surface area contributed by atoms with Crippen molar-refractivity contribution >= 4 is 23.4 Å². The van der Waals surface area contributed by atoms with Gasteiger partial charge in [-0.3, -0.25) is 9.59 Å². The largest absolute Gasteiger partial charge is 0.354 e. The van der Waals surface area contributed by atoms with Gasteiger partial charge in [-0.15, -0.1) is 0 Å². The molecule has 0 spiro atoms. The Morgan fingerprint density at radius 1 is 1.14 bits per heavy atom. The van der Waals surface area contributed by atoms with Crippen molar-refractivity contribution in [2.75, 3.05) is 11.9 Å². The highest BCUT2D eigenvalue weighted by Crippen LogP contribution is 2.09. The fourth-order valence-corrected chi connectivity index (χ4v) is 1.70. The van der Waals surface area contributed by atoms with Crippen LogP contribution in [0.5, 0.6) is 0 Å². The molecule has 1 unspecified atom stereocenters. The molecule has 0 saturated carbocycles. The van der Waals surface area contributed by atoms with Gasteiger partial charge in [0, 0.05) is 30.3 Å². The first-order valence-electron chi connectivity index (χ1n) is 7.37. The number of rotatable bonds is 7. The van der Waals surface area contributed by atoms with Gasteiger partial charge in [0.2, 0.25) is 5.91 Å². The normalized spacial score (nSPS) is 11.4. The van der Waals surface area contributed by atoms with Crippen molar-refractivity contribution in [3.8, 4) is 0 Å². The number of amides is 3. The highest BCUT2D eigenvalue weighted by Gasteiger charge is 2.07. The zero-order chi connectivity index (χ0) is 16.5. The summed E-state index contributed by atoms with van der Waals surface area (Å²) in [5, 5.41) is 8.08. The molecule has 1 atom stereocenters. The molecule has 0 heterocycles. The van der Waals surface area contributed by atoms with E-state index in [0.29, 0.717) is 11.3 Å². The maximum atomic E-state index is 11.7. The van der Waals surface area contributed by atoms with Crippen LogP contribution < -0.4 is 16.0 Å². The standard InChI is InChI=1S/C16H23N3O3/c1-4-11(2)18-15(21)9-10-17-16(22)19-14-7-5-13(6-8-14)12(3)20/h5-8,11H,4,9-10H2,1-3H3,(H,18,21)(H2,17,19,22). The molecule has 6 nitrogen and oxygen atoms in total. The second-order valence-electron chi connectivity index (χ2n) is 5.14. The van der Waals surface area contributed by atoms with Gasteiger partial charge in [0.15, 0.2) is 5.78 Å². The first-order chi connectivity index (χ1) is 10.4. The Balaban J connectivity index is 2.31. The van der Waals surface area contributed by atoms with Gasteiger partial charge in [-0.25, -0.2) is 4.79 Å². The smallest absolute Gasteiger partial charge is 0.319 e. The topological polar surface area (TPSA) is 87.3 Å². The average Bonchev–Trinajstić information content (AvgIpc) is 2.47. The molecule has 120 valence electrons. The first kappa shape index (κ1) is 17.7. The SMILES string of the molecule is CCC(C)NC(=O)CCNC(=O)Nc1ccc(C(C)=O)cc1. The molecule has 22 heavy (non-hydrogen) atoms. The Morgan fingerprint density at radius 2 is 1.77 bits per heavy atom. The van der Waals surface area contributed by atoms with Gasteiger partial charge in [-0.05, 0) is 44.5 Å². The molecular formula is C16H23N3O3. The summed E-state index contributed by atoms with van der Waals surface area (Å²) in [6.07, 6.45) is 1.11. The van der Waals surface area contributed by atoms with Crippen molar-refractivity contribution < 1.29 is 14.4 Å². The number of carbonyl (C=O) groups excluding carboxylic acids is 3.